The van der Waals surface area contributed by atoms with Crippen molar-refractivity contribution in [2.24, 2.45) is 0 Å². The van der Waals surface area contributed by atoms with Gasteiger partial charge >= 0.3 is 0 Å². The molecule has 0 bridgehead atoms. The maximum atomic E-state index is 4.78. The zero-order chi connectivity index (χ0) is 13.2. The number of rotatable bonds is 2. The zero-order valence-electron chi connectivity index (χ0n) is 12.0. The van der Waals surface area contributed by atoms with Crippen LogP contribution in [-0.4, -0.2) is 34.1 Å². The van der Waals surface area contributed by atoms with E-state index in [0.29, 0.717) is 0 Å². The summed E-state index contributed by atoms with van der Waals surface area (Å²) in [5, 5.41) is 0.767. The fourth-order valence-electron chi connectivity index (χ4n) is 3.11. The molecule has 1 aliphatic carbocycles. The smallest absolute Gasteiger partial charge is 0.135 e. The van der Waals surface area contributed by atoms with E-state index in [9.17, 15) is 0 Å². The van der Waals surface area contributed by atoms with E-state index in [1.807, 2.05) is 6.92 Å². The molecular formula is C15H23N3S. The van der Waals surface area contributed by atoms with Gasteiger partial charge in [0, 0.05) is 35.3 Å². The van der Waals surface area contributed by atoms with Crippen LogP contribution in [0.5, 0.6) is 0 Å². The molecule has 2 heterocycles. The maximum absolute atomic E-state index is 4.78. The van der Waals surface area contributed by atoms with Crippen molar-refractivity contribution in [1.29, 1.82) is 0 Å². The highest BCUT2D eigenvalue weighted by Crippen LogP contribution is 2.31. The van der Waals surface area contributed by atoms with Gasteiger partial charge in [0.25, 0.3) is 0 Å². The Kier molecular flexibility index (Phi) is 3.96. The van der Waals surface area contributed by atoms with Crippen LogP contribution in [0.2, 0.25) is 0 Å². The van der Waals surface area contributed by atoms with E-state index < -0.39 is 0 Å². The standard InChI is InChI=1S/C15H23N3S/c1-3-12-10-18(8-9-19-12)15-13-6-4-5-7-14(13)16-11(2)17-15/h12H,3-10H2,1-2H3. The van der Waals surface area contributed by atoms with E-state index in [1.165, 1.54) is 48.5 Å². The molecule has 0 aromatic carbocycles. The van der Waals surface area contributed by atoms with Gasteiger partial charge in [0.2, 0.25) is 0 Å². The summed E-state index contributed by atoms with van der Waals surface area (Å²) in [6.45, 7) is 6.63. The molecule has 1 aliphatic heterocycles. The van der Waals surface area contributed by atoms with Crippen LogP contribution in [0.4, 0.5) is 5.82 Å². The number of hydrogen-bond acceptors (Lipinski definition) is 4. The van der Waals surface area contributed by atoms with Gasteiger partial charge in [0.05, 0.1) is 0 Å². The normalized spacial score (nSPS) is 23.3. The molecule has 1 atom stereocenters. The highest BCUT2D eigenvalue weighted by molar-refractivity contribution is 8.00. The summed E-state index contributed by atoms with van der Waals surface area (Å²) in [4.78, 5) is 12.0. The van der Waals surface area contributed by atoms with Crippen molar-refractivity contribution in [1.82, 2.24) is 9.97 Å². The lowest BCUT2D eigenvalue weighted by Gasteiger charge is -2.35. The van der Waals surface area contributed by atoms with Crippen LogP contribution in [0, 0.1) is 6.92 Å². The van der Waals surface area contributed by atoms with Gasteiger partial charge in [-0.3, -0.25) is 0 Å². The third-order valence-corrected chi connectivity index (χ3v) is 5.54. The Morgan fingerprint density at radius 3 is 2.95 bits per heavy atom. The highest BCUT2D eigenvalue weighted by Gasteiger charge is 2.25. The van der Waals surface area contributed by atoms with E-state index in [4.69, 9.17) is 4.98 Å². The fourth-order valence-corrected chi connectivity index (χ4v) is 4.30. The summed E-state index contributed by atoms with van der Waals surface area (Å²) >= 11 is 2.12. The Morgan fingerprint density at radius 2 is 2.11 bits per heavy atom. The molecule has 1 aromatic rings. The second kappa shape index (κ2) is 5.70. The summed E-state index contributed by atoms with van der Waals surface area (Å²) in [5.74, 6) is 3.43. The topological polar surface area (TPSA) is 29.0 Å². The van der Waals surface area contributed by atoms with E-state index in [0.717, 1.165) is 30.6 Å². The molecule has 3 rings (SSSR count). The average Bonchev–Trinajstić information content (AvgIpc) is 2.46. The Hall–Kier alpha value is -0.770. The lowest BCUT2D eigenvalue weighted by Crippen LogP contribution is -2.39. The largest absolute Gasteiger partial charge is 0.354 e. The van der Waals surface area contributed by atoms with Crippen molar-refractivity contribution >= 4 is 17.6 Å². The Balaban J connectivity index is 1.92. The second-order valence-electron chi connectivity index (χ2n) is 5.57. The van der Waals surface area contributed by atoms with Crippen molar-refractivity contribution in [3.8, 4) is 0 Å². The molecular weight excluding hydrogens is 254 g/mol. The van der Waals surface area contributed by atoms with Crippen LogP contribution in [0.1, 0.15) is 43.3 Å². The molecule has 0 saturated carbocycles. The van der Waals surface area contributed by atoms with Gasteiger partial charge in [-0.2, -0.15) is 11.8 Å². The highest BCUT2D eigenvalue weighted by atomic mass is 32.2. The first kappa shape index (κ1) is 13.2. The minimum absolute atomic E-state index is 0.767. The first-order valence-electron chi connectivity index (χ1n) is 7.51. The maximum Gasteiger partial charge on any atom is 0.135 e. The van der Waals surface area contributed by atoms with Crippen LogP contribution >= 0.6 is 11.8 Å². The van der Waals surface area contributed by atoms with Crippen LogP contribution in [0.25, 0.3) is 0 Å². The monoisotopic (exact) mass is 277 g/mol. The van der Waals surface area contributed by atoms with Crippen molar-refractivity contribution in [3.63, 3.8) is 0 Å². The molecule has 19 heavy (non-hydrogen) atoms. The number of thioether (sulfide) groups is 1. The molecule has 1 aromatic heterocycles. The predicted molar refractivity (Wildman–Crippen MR) is 82.2 cm³/mol. The molecule has 0 radical (unpaired) electrons. The molecule has 0 N–H and O–H groups in total. The number of fused-ring (bicyclic) bond motifs is 1. The molecule has 2 aliphatic rings. The summed E-state index contributed by atoms with van der Waals surface area (Å²) in [7, 11) is 0. The second-order valence-corrected chi connectivity index (χ2v) is 6.98. The van der Waals surface area contributed by atoms with Gasteiger partial charge in [0.1, 0.15) is 11.6 Å². The van der Waals surface area contributed by atoms with Crippen molar-refractivity contribution < 1.29 is 0 Å². The Bertz CT molecular complexity index is 461. The fraction of sp³-hybridized carbons (Fsp3) is 0.733. The third kappa shape index (κ3) is 2.73. The van der Waals surface area contributed by atoms with Crippen LogP contribution in [0.15, 0.2) is 0 Å². The molecule has 4 heteroatoms. The summed E-state index contributed by atoms with van der Waals surface area (Å²) in [6.07, 6.45) is 6.16. The molecule has 104 valence electrons. The first-order valence-corrected chi connectivity index (χ1v) is 8.55. The van der Waals surface area contributed by atoms with E-state index in [2.05, 4.69) is 28.6 Å². The van der Waals surface area contributed by atoms with Crippen molar-refractivity contribution in [2.75, 3.05) is 23.7 Å². The predicted octanol–water partition coefficient (Wildman–Crippen LogP) is 3.00. The molecule has 1 saturated heterocycles. The molecule has 0 spiro atoms. The van der Waals surface area contributed by atoms with Crippen molar-refractivity contribution in [2.45, 2.75) is 51.2 Å². The molecule has 1 unspecified atom stereocenters. The van der Waals surface area contributed by atoms with Gasteiger partial charge in [-0.25, -0.2) is 9.97 Å². The number of aryl methyl sites for hydroxylation is 2. The minimum atomic E-state index is 0.767. The molecule has 3 nitrogen and oxygen atoms in total. The average molecular weight is 277 g/mol. The lowest BCUT2D eigenvalue weighted by atomic mass is 9.96. The van der Waals surface area contributed by atoms with Crippen LogP contribution < -0.4 is 4.90 Å². The van der Waals surface area contributed by atoms with Gasteiger partial charge < -0.3 is 4.90 Å². The van der Waals surface area contributed by atoms with E-state index in [-0.39, 0.29) is 0 Å². The number of nitrogens with zero attached hydrogens (tertiary/aromatic N) is 3. The molecule has 1 fully saturated rings. The number of hydrogen-bond donors (Lipinski definition) is 0. The minimum Gasteiger partial charge on any atom is -0.354 e. The number of anilines is 1. The summed E-state index contributed by atoms with van der Waals surface area (Å²) in [6, 6.07) is 0. The lowest BCUT2D eigenvalue weighted by molar-refractivity contribution is 0.644. The third-order valence-electron chi connectivity index (χ3n) is 4.17. The summed E-state index contributed by atoms with van der Waals surface area (Å²) < 4.78 is 0. The van der Waals surface area contributed by atoms with E-state index in [1.54, 1.807) is 0 Å². The van der Waals surface area contributed by atoms with Crippen LogP contribution in [-0.2, 0) is 12.8 Å². The number of aromatic nitrogens is 2. The van der Waals surface area contributed by atoms with Crippen molar-refractivity contribution in [3.05, 3.63) is 17.1 Å². The first-order chi connectivity index (χ1) is 9.28. The van der Waals surface area contributed by atoms with Gasteiger partial charge in [-0.05, 0) is 39.0 Å². The Labute approximate surface area is 120 Å². The van der Waals surface area contributed by atoms with Crippen LogP contribution in [0.3, 0.4) is 0 Å². The summed E-state index contributed by atoms with van der Waals surface area (Å²) in [5.41, 5.74) is 2.76. The Morgan fingerprint density at radius 1 is 1.26 bits per heavy atom. The quantitative estimate of drug-likeness (QED) is 0.831. The van der Waals surface area contributed by atoms with Gasteiger partial charge in [-0.15, -0.1) is 0 Å². The zero-order valence-corrected chi connectivity index (χ0v) is 12.8. The van der Waals surface area contributed by atoms with E-state index >= 15 is 0 Å². The SMILES string of the molecule is CCC1CN(c2nc(C)nc3c2CCCC3)CCS1. The molecule has 0 amide bonds. The van der Waals surface area contributed by atoms with Gasteiger partial charge in [0.15, 0.2) is 0 Å². The van der Waals surface area contributed by atoms with Gasteiger partial charge in [-0.1, -0.05) is 6.92 Å².